The summed E-state index contributed by atoms with van der Waals surface area (Å²) in [5.41, 5.74) is 0.494. The molecular formula is C24H31N3O5S. The summed E-state index contributed by atoms with van der Waals surface area (Å²) in [6, 6.07) is 15.9. The molecule has 178 valence electrons. The molecule has 1 atom stereocenters. The van der Waals surface area contributed by atoms with Gasteiger partial charge in [-0.05, 0) is 49.2 Å². The second kappa shape index (κ2) is 11.1. The molecule has 2 fully saturated rings. The number of nitrogens with one attached hydrogen (secondary N) is 1. The number of ether oxygens (including phenoxy) is 2. The van der Waals surface area contributed by atoms with Gasteiger partial charge in [-0.3, -0.25) is 9.69 Å². The fraction of sp³-hybridized carbons (Fsp3) is 0.458. The SMILES string of the molecule is O=C(c1ccc(S(=O)(=O)NCC2CCCO2)cc1)N1CCN(CCOc2ccccc2)CC1. The van der Waals surface area contributed by atoms with Crippen molar-refractivity contribution in [2.75, 3.05) is 52.5 Å². The van der Waals surface area contributed by atoms with Crippen molar-refractivity contribution in [3.05, 3.63) is 60.2 Å². The molecule has 0 saturated carbocycles. The van der Waals surface area contributed by atoms with E-state index in [4.69, 9.17) is 9.47 Å². The van der Waals surface area contributed by atoms with Gasteiger partial charge in [-0.25, -0.2) is 13.1 Å². The Balaban J connectivity index is 1.23. The van der Waals surface area contributed by atoms with Gasteiger partial charge < -0.3 is 14.4 Å². The summed E-state index contributed by atoms with van der Waals surface area (Å²) in [5, 5.41) is 0. The molecule has 2 aliphatic heterocycles. The van der Waals surface area contributed by atoms with Crippen LogP contribution >= 0.6 is 0 Å². The van der Waals surface area contributed by atoms with Crippen LogP contribution in [0.2, 0.25) is 0 Å². The number of hydrogen-bond acceptors (Lipinski definition) is 6. The van der Waals surface area contributed by atoms with Crippen LogP contribution < -0.4 is 9.46 Å². The van der Waals surface area contributed by atoms with E-state index in [1.165, 1.54) is 12.1 Å². The number of piperazine rings is 1. The van der Waals surface area contributed by atoms with E-state index in [2.05, 4.69) is 9.62 Å². The molecule has 2 aliphatic rings. The molecule has 2 aromatic rings. The van der Waals surface area contributed by atoms with Crippen molar-refractivity contribution < 1.29 is 22.7 Å². The molecule has 2 aromatic carbocycles. The first-order valence-corrected chi connectivity index (χ1v) is 12.9. The van der Waals surface area contributed by atoms with Crippen LogP contribution in [-0.2, 0) is 14.8 Å². The van der Waals surface area contributed by atoms with Gasteiger partial charge >= 0.3 is 0 Å². The third-order valence-corrected chi connectivity index (χ3v) is 7.46. The van der Waals surface area contributed by atoms with Crippen molar-refractivity contribution in [3.8, 4) is 5.75 Å². The van der Waals surface area contributed by atoms with E-state index < -0.39 is 10.0 Å². The van der Waals surface area contributed by atoms with Crippen LogP contribution in [0.4, 0.5) is 0 Å². The topological polar surface area (TPSA) is 88.2 Å². The number of para-hydroxylation sites is 1. The quantitative estimate of drug-likeness (QED) is 0.599. The number of sulfonamides is 1. The molecule has 33 heavy (non-hydrogen) atoms. The maximum absolute atomic E-state index is 12.9. The molecular weight excluding hydrogens is 442 g/mol. The molecule has 0 spiro atoms. The summed E-state index contributed by atoms with van der Waals surface area (Å²) >= 11 is 0. The Morgan fingerprint density at radius 3 is 2.42 bits per heavy atom. The Morgan fingerprint density at radius 1 is 1.03 bits per heavy atom. The predicted molar refractivity (Wildman–Crippen MR) is 125 cm³/mol. The zero-order valence-electron chi connectivity index (χ0n) is 18.7. The molecule has 2 heterocycles. The average Bonchev–Trinajstić information content (AvgIpc) is 3.38. The van der Waals surface area contributed by atoms with Crippen LogP contribution in [0.5, 0.6) is 5.75 Å². The van der Waals surface area contributed by atoms with Crippen LogP contribution in [-0.4, -0.2) is 82.7 Å². The maximum atomic E-state index is 12.9. The highest BCUT2D eigenvalue weighted by molar-refractivity contribution is 7.89. The number of carbonyl (C=O) groups is 1. The Bertz CT molecular complexity index is 1000. The second-order valence-electron chi connectivity index (χ2n) is 8.31. The van der Waals surface area contributed by atoms with Crippen LogP contribution in [0, 0.1) is 0 Å². The first kappa shape index (κ1) is 23.7. The summed E-state index contributed by atoms with van der Waals surface area (Å²) in [6.45, 7) is 5.19. The number of hydrogen-bond donors (Lipinski definition) is 1. The highest BCUT2D eigenvalue weighted by atomic mass is 32.2. The van der Waals surface area contributed by atoms with E-state index in [1.807, 2.05) is 35.2 Å². The lowest BCUT2D eigenvalue weighted by Gasteiger charge is -2.34. The summed E-state index contributed by atoms with van der Waals surface area (Å²) < 4.78 is 38.8. The molecule has 1 N–H and O–H groups in total. The van der Waals surface area contributed by atoms with E-state index in [1.54, 1.807) is 12.1 Å². The maximum Gasteiger partial charge on any atom is 0.253 e. The fourth-order valence-corrected chi connectivity index (χ4v) is 5.10. The largest absolute Gasteiger partial charge is 0.492 e. The van der Waals surface area contributed by atoms with E-state index in [9.17, 15) is 13.2 Å². The van der Waals surface area contributed by atoms with Gasteiger partial charge in [-0.15, -0.1) is 0 Å². The fourth-order valence-electron chi connectivity index (χ4n) is 4.03. The van der Waals surface area contributed by atoms with E-state index in [-0.39, 0.29) is 23.5 Å². The minimum Gasteiger partial charge on any atom is -0.492 e. The van der Waals surface area contributed by atoms with Gasteiger partial charge in [-0.1, -0.05) is 18.2 Å². The number of rotatable bonds is 9. The van der Waals surface area contributed by atoms with Crippen molar-refractivity contribution >= 4 is 15.9 Å². The van der Waals surface area contributed by atoms with Gasteiger partial charge in [0.15, 0.2) is 0 Å². The minimum atomic E-state index is -3.62. The highest BCUT2D eigenvalue weighted by Gasteiger charge is 2.24. The molecule has 4 rings (SSSR count). The number of nitrogens with zero attached hydrogens (tertiary/aromatic N) is 2. The average molecular weight is 474 g/mol. The van der Waals surface area contributed by atoms with Crippen LogP contribution in [0.15, 0.2) is 59.5 Å². The first-order valence-electron chi connectivity index (χ1n) is 11.4. The minimum absolute atomic E-state index is 0.0656. The molecule has 8 nitrogen and oxygen atoms in total. The Morgan fingerprint density at radius 2 is 1.76 bits per heavy atom. The number of carbonyl (C=O) groups excluding carboxylic acids is 1. The van der Waals surface area contributed by atoms with Crippen LogP contribution in [0.1, 0.15) is 23.2 Å². The third-order valence-electron chi connectivity index (χ3n) is 6.02. The second-order valence-corrected chi connectivity index (χ2v) is 10.1. The lowest BCUT2D eigenvalue weighted by molar-refractivity contribution is 0.0620. The van der Waals surface area contributed by atoms with Crippen molar-refractivity contribution in [3.63, 3.8) is 0 Å². The van der Waals surface area contributed by atoms with E-state index in [0.29, 0.717) is 31.9 Å². The van der Waals surface area contributed by atoms with E-state index in [0.717, 1.165) is 38.2 Å². The summed E-state index contributed by atoms with van der Waals surface area (Å²) in [5.74, 6) is 0.783. The third kappa shape index (κ3) is 6.54. The molecule has 2 saturated heterocycles. The van der Waals surface area contributed by atoms with E-state index >= 15 is 0 Å². The van der Waals surface area contributed by atoms with Gasteiger partial charge in [0, 0.05) is 51.4 Å². The van der Waals surface area contributed by atoms with Crippen molar-refractivity contribution in [1.82, 2.24) is 14.5 Å². The van der Waals surface area contributed by atoms with Gasteiger partial charge in [-0.2, -0.15) is 0 Å². The van der Waals surface area contributed by atoms with Crippen molar-refractivity contribution in [2.45, 2.75) is 23.8 Å². The smallest absolute Gasteiger partial charge is 0.253 e. The summed E-state index contributed by atoms with van der Waals surface area (Å²) in [7, 11) is -3.62. The van der Waals surface area contributed by atoms with Crippen molar-refractivity contribution in [1.29, 1.82) is 0 Å². The Labute approximate surface area is 195 Å². The van der Waals surface area contributed by atoms with Gasteiger partial charge in [0.05, 0.1) is 11.0 Å². The van der Waals surface area contributed by atoms with Gasteiger partial charge in [0.2, 0.25) is 10.0 Å². The molecule has 0 aromatic heterocycles. The Kier molecular flexibility index (Phi) is 7.97. The molecule has 9 heteroatoms. The lowest BCUT2D eigenvalue weighted by atomic mass is 10.2. The molecule has 0 radical (unpaired) electrons. The number of benzene rings is 2. The van der Waals surface area contributed by atoms with Gasteiger partial charge in [0.1, 0.15) is 12.4 Å². The molecule has 0 aliphatic carbocycles. The summed E-state index contributed by atoms with van der Waals surface area (Å²) in [4.78, 5) is 17.1. The monoisotopic (exact) mass is 473 g/mol. The van der Waals surface area contributed by atoms with Crippen LogP contribution in [0.3, 0.4) is 0 Å². The lowest BCUT2D eigenvalue weighted by Crippen LogP contribution is -2.49. The predicted octanol–water partition coefficient (Wildman–Crippen LogP) is 1.98. The van der Waals surface area contributed by atoms with Crippen LogP contribution in [0.25, 0.3) is 0 Å². The Hall–Kier alpha value is -2.46. The zero-order chi connectivity index (χ0) is 23.1. The summed E-state index contributed by atoms with van der Waals surface area (Å²) in [6.07, 6.45) is 1.76. The van der Waals surface area contributed by atoms with Crippen molar-refractivity contribution in [2.24, 2.45) is 0 Å². The first-order chi connectivity index (χ1) is 16.0. The van der Waals surface area contributed by atoms with Gasteiger partial charge in [0.25, 0.3) is 5.91 Å². The standard InChI is InChI=1S/C24H31N3O5S/c28-24(27-14-12-26(13-15-27)16-18-32-21-5-2-1-3-6-21)20-8-10-23(11-9-20)33(29,30)25-19-22-7-4-17-31-22/h1-3,5-6,8-11,22,25H,4,7,12-19H2. The molecule has 1 amide bonds. The highest BCUT2D eigenvalue weighted by Crippen LogP contribution is 2.16. The molecule has 0 bridgehead atoms. The zero-order valence-corrected chi connectivity index (χ0v) is 19.5. The normalized spacial score (nSPS) is 19.5. The number of amides is 1. The molecule has 1 unspecified atom stereocenters.